The number of aliphatic hydroxyl groups excluding tert-OH is 1. The second kappa shape index (κ2) is 6.92. The van der Waals surface area contributed by atoms with Gasteiger partial charge >= 0.3 is 30.8 Å². The summed E-state index contributed by atoms with van der Waals surface area (Å²) in [4.78, 5) is 21.6. The molecule has 2 atom stereocenters. The third-order valence-electron chi connectivity index (χ3n) is 1.47. The van der Waals surface area contributed by atoms with E-state index in [-0.39, 0.29) is 25.3 Å². The maximum absolute atomic E-state index is 11.3. The Morgan fingerprint density at radius 2 is 1.81 bits per heavy atom. The molecule has 0 aliphatic rings. The molecular formula is C9H18LiNO5. The van der Waals surface area contributed by atoms with E-state index in [0.717, 1.165) is 0 Å². The molecule has 0 heterocycles. The summed E-state index contributed by atoms with van der Waals surface area (Å²) >= 11 is 0. The van der Waals surface area contributed by atoms with E-state index in [9.17, 15) is 9.59 Å². The molecule has 0 radical (unpaired) electrons. The Kier molecular flexibility index (Phi) is 7.71. The number of aliphatic hydroxyl groups is 1. The predicted molar refractivity (Wildman–Crippen MR) is 59.2 cm³/mol. The van der Waals surface area contributed by atoms with Crippen LogP contribution in [0.15, 0.2) is 0 Å². The van der Waals surface area contributed by atoms with E-state index >= 15 is 0 Å². The van der Waals surface area contributed by atoms with Gasteiger partial charge in [-0.15, -0.1) is 0 Å². The van der Waals surface area contributed by atoms with E-state index in [0.29, 0.717) is 0 Å². The van der Waals surface area contributed by atoms with Gasteiger partial charge in [0.15, 0.2) is 6.10 Å². The van der Waals surface area contributed by atoms with Crippen molar-refractivity contribution in [2.24, 2.45) is 5.73 Å². The van der Waals surface area contributed by atoms with Crippen LogP contribution in [-0.4, -0.2) is 58.8 Å². The van der Waals surface area contributed by atoms with Gasteiger partial charge in [-0.1, -0.05) is 0 Å². The number of carboxylic acids is 1. The quantitative estimate of drug-likeness (QED) is 0.413. The topological polar surface area (TPSA) is 110 Å². The first-order valence-corrected chi connectivity index (χ1v) is 4.53. The molecular weight excluding hydrogens is 209 g/mol. The molecule has 7 heteroatoms. The molecule has 4 N–H and O–H groups in total. The number of hydrogen-bond donors (Lipinski definition) is 3. The fourth-order valence-corrected chi connectivity index (χ4v) is 0.815. The Bertz CT molecular complexity index is 251. The predicted octanol–water partition coefficient (Wildman–Crippen LogP) is -1.16. The van der Waals surface area contributed by atoms with Gasteiger partial charge in [0.25, 0.3) is 0 Å². The molecule has 2 unspecified atom stereocenters. The molecule has 0 fully saturated rings. The average Bonchev–Trinajstić information content (AvgIpc) is 2.00. The van der Waals surface area contributed by atoms with Crippen LogP contribution in [0.25, 0.3) is 0 Å². The van der Waals surface area contributed by atoms with E-state index in [1.165, 1.54) is 0 Å². The summed E-state index contributed by atoms with van der Waals surface area (Å²) in [7, 11) is 0. The summed E-state index contributed by atoms with van der Waals surface area (Å²) in [6, 6.07) is -1.13. The minimum atomic E-state index is -1.65. The number of carbonyl (C=O) groups is 2. The minimum absolute atomic E-state index is 0. The molecule has 16 heavy (non-hydrogen) atoms. The molecule has 0 aromatic carbocycles. The van der Waals surface area contributed by atoms with Gasteiger partial charge in [-0.3, -0.25) is 4.79 Å². The van der Waals surface area contributed by atoms with Gasteiger partial charge in [0.1, 0.15) is 11.6 Å². The molecule has 0 aliphatic carbocycles. The van der Waals surface area contributed by atoms with Gasteiger partial charge in [0.05, 0.1) is 0 Å². The van der Waals surface area contributed by atoms with Crippen molar-refractivity contribution in [3.8, 4) is 0 Å². The first kappa shape index (κ1) is 17.8. The Morgan fingerprint density at radius 3 is 2.12 bits per heavy atom. The van der Waals surface area contributed by atoms with Crippen molar-refractivity contribution in [2.45, 2.75) is 44.9 Å². The molecule has 0 saturated heterocycles. The summed E-state index contributed by atoms with van der Waals surface area (Å²) in [5.74, 6) is -2.13. The molecule has 0 saturated carbocycles. The van der Waals surface area contributed by atoms with Crippen molar-refractivity contribution in [1.29, 1.82) is 0 Å². The van der Waals surface area contributed by atoms with Gasteiger partial charge in [-0.05, 0) is 20.8 Å². The van der Waals surface area contributed by atoms with Crippen LogP contribution < -0.4 is 5.73 Å². The molecule has 6 nitrogen and oxygen atoms in total. The van der Waals surface area contributed by atoms with Crippen molar-refractivity contribution < 1.29 is 24.5 Å². The van der Waals surface area contributed by atoms with Crippen LogP contribution in [0, 0.1) is 0 Å². The SMILES string of the molecule is CC(C)(C)OC(=O)C(N)CC(O)C(=O)O.[LiH]. The van der Waals surface area contributed by atoms with Gasteiger partial charge in [0, 0.05) is 6.42 Å². The Hall–Kier alpha value is -0.543. The number of carboxylic acid groups (broad SMARTS) is 1. The summed E-state index contributed by atoms with van der Waals surface area (Å²) < 4.78 is 4.91. The fraction of sp³-hybridized carbons (Fsp3) is 0.778. The molecule has 0 rings (SSSR count). The summed E-state index contributed by atoms with van der Waals surface area (Å²) in [5.41, 5.74) is 4.69. The van der Waals surface area contributed by atoms with Crippen LogP contribution in [0.4, 0.5) is 0 Å². The molecule has 0 aliphatic heterocycles. The van der Waals surface area contributed by atoms with Crippen LogP contribution in [-0.2, 0) is 14.3 Å². The summed E-state index contributed by atoms with van der Waals surface area (Å²) in [6.45, 7) is 5.02. The van der Waals surface area contributed by atoms with Crippen LogP contribution in [0.2, 0.25) is 0 Å². The molecule has 0 amide bonds. The van der Waals surface area contributed by atoms with Crippen LogP contribution in [0.1, 0.15) is 27.2 Å². The van der Waals surface area contributed by atoms with Crippen LogP contribution in [0.5, 0.6) is 0 Å². The van der Waals surface area contributed by atoms with Crippen molar-refractivity contribution in [3.05, 3.63) is 0 Å². The Morgan fingerprint density at radius 1 is 1.38 bits per heavy atom. The van der Waals surface area contributed by atoms with Crippen molar-refractivity contribution >= 4 is 30.8 Å². The number of rotatable bonds is 4. The number of aliphatic carboxylic acids is 1. The van der Waals surface area contributed by atoms with Gasteiger partial charge in [-0.2, -0.15) is 0 Å². The number of carbonyl (C=O) groups excluding carboxylic acids is 1. The molecule has 0 bridgehead atoms. The standard InChI is InChI=1S/C9H17NO5.Li.H/c1-9(2,3)15-8(14)5(10)4-6(11)7(12)13;;/h5-6,11H,4,10H2,1-3H3,(H,12,13);;. The molecule has 0 spiro atoms. The van der Waals surface area contributed by atoms with E-state index in [2.05, 4.69) is 0 Å². The third kappa shape index (κ3) is 7.71. The first-order valence-electron chi connectivity index (χ1n) is 4.53. The number of hydrogen-bond acceptors (Lipinski definition) is 5. The van der Waals surface area contributed by atoms with E-state index in [4.69, 9.17) is 20.7 Å². The van der Waals surface area contributed by atoms with E-state index in [1.807, 2.05) is 0 Å². The summed E-state index contributed by atoms with van der Waals surface area (Å²) in [6.07, 6.45) is -2.00. The molecule has 90 valence electrons. The van der Waals surface area contributed by atoms with Crippen LogP contribution >= 0.6 is 0 Å². The second-order valence-electron chi connectivity index (χ2n) is 4.23. The van der Waals surface area contributed by atoms with Gasteiger partial charge in [0.2, 0.25) is 0 Å². The molecule has 0 aromatic rings. The molecule has 0 aromatic heterocycles. The van der Waals surface area contributed by atoms with E-state index in [1.54, 1.807) is 20.8 Å². The maximum atomic E-state index is 11.3. The first-order chi connectivity index (χ1) is 6.63. The average molecular weight is 227 g/mol. The third-order valence-corrected chi connectivity index (χ3v) is 1.47. The van der Waals surface area contributed by atoms with Crippen molar-refractivity contribution in [1.82, 2.24) is 0 Å². The second-order valence-corrected chi connectivity index (χ2v) is 4.23. The van der Waals surface area contributed by atoms with Crippen molar-refractivity contribution in [2.75, 3.05) is 0 Å². The Labute approximate surface area is 106 Å². The number of nitrogens with two attached hydrogens (primary N) is 1. The van der Waals surface area contributed by atoms with Crippen LogP contribution in [0.3, 0.4) is 0 Å². The van der Waals surface area contributed by atoms with Crippen molar-refractivity contribution in [3.63, 3.8) is 0 Å². The van der Waals surface area contributed by atoms with E-state index < -0.39 is 29.7 Å². The Balaban J connectivity index is 0. The monoisotopic (exact) mass is 227 g/mol. The van der Waals surface area contributed by atoms with Gasteiger partial charge < -0.3 is 20.7 Å². The fourth-order valence-electron chi connectivity index (χ4n) is 0.815. The zero-order chi connectivity index (χ0) is 12.2. The zero-order valence-corrected chi connectivity index (χ0v) is 9.06. The summed E-state index contributed by atoms with van der Waals surface area (Å²) in [5, 5.41) is 17.3. The zero-order valence-electron chi connectivity index (χ0n) is 9.06. The number of esters is 1. The number of ether oxygens (including phenoxy) is 1. The normalized spacial score (nSPS) is 14.6. The van der Waals surface area contributed by atoms with Gasteiger partial charge in [-0.25, -0.2) is 4.79 Å².